The van der Waals surface area contributed by atoms with Gasteiger partial charge in [-0.15, -0.1) is 0 Å². The van der Waals surface area contributed by atoms with Gasteiger partial charge in [0.15, 0.2) is 5.65 Å². The van der Waals surface area contributed by atoms with Gasteiger partial charge in [-0.05, 0) is 31.2 Å². The molecule has 2 aromatic heterocycles. The number of carbonyl (C=O) groups excluding carboxylic acids is 1. The Morgan fingerprint density at radius 3 is 2.57 bits per heavy atom. The van der Waals surface area contributed by atoms with Crippen LogP contribution in [0.15, 0.2) is 66.9 Å². The molecule has 0 spiro atoms. The molecule has 0 aliphatic carbocycles. The summed E-state index contributed by atoms with van der Waals surface area (Å²) >= 11 is 0. The highest BCUT2D eigenvalue weighted by atomic mass is 16.6. The second-order valence-electron chi connectivity index (χ2n) is 6.16. The molecule has 0 saturated heterocycles. The van der Waals surface area contributed by atoms with Gasteiger partial charge in [0.1, 0.15) is 5.56 Å². The fourth-order valence-corrected chi connectivity index (χ4v) is 2.98. The number of hydrogen-bond donors (Lipinski definition) is 1. The zero-order chi connectivity index (χ0) is 19.7. The Hall–Kier alpha value is -4.07. The Morgan fingerprint density at radius 2 is 1.82 bits per heavy atom. The second kappa shape index (κ2) is 6.92. The molecule has 28 heavy (non-hydrogen) atoms. The van der Waals surface area contributed by atoms with Crippen LogP contribution in [0.2, 0.25) is 0 Å². The number of nitrogens with one attached hydrogen (secondary N) is 1. The maximum atomic E-state index is 12.5. The van der Waals surface area contributed by atoms with E-state index in [0.29, 0.717) is 11.3 Å². The molecule has 2 heterocycles. The first-order chi connectivity index (χ1) is 13.5. The Bertz CT molecular complexity index is 1200. The first kappa shape index (κ1) is 17.3. The highest BCUT2D eigenvalue weighted by Crippen LogP contribution is 2.24. The smallest absolute Gasteiger partial charge is 0.282 e. The van der Waals surface area contributed by atoms with Crippen molar-refractivity contribution in [3.8, 4) is 5.69 Å². The number of fused-ring (bicyclic) bond motifs is 1. The summed E-state index contributed by atoms with van der Waals surface area (Å²) in [7, 11) is 0. The van der Waals surface area contributed by atoms with E-state index >= 15 is 0 Å². The molecule has 1 amide bonds. The normalized spacial score (nSPS) is 10.8. The van der Waals surface area contributed by atoms with Gasteiger partial charge < -0.3 is 5.32 Å². The molecule has 0 unspecified atom stereocenters. The summed E-state index contributed by atoms with van der Waals surface area (Å²) in [6, 6.07) is 17.2. The topological polar surface area (TPSA) is 103 Å². The number of hydrogen-bond acceptors (Lipinski definition) is 5. The largest absolute Gasteiger partial charge is 0.320 e. The lowest BCUT2D eigenvalue weighted by Crippen LogP contribution is -2.14. The molecule has 0 fully saturated rings. The quantitative estimate of drug-likeness (QED) is 0.432. The van der Waals surface area contributed by atoms with Crippen molar-refractivity contribution < 1.29 is 9.72 Å². The van der Waals surface area contributed by atoms with Crippen LogP contribution in [0.1, 0.15) is 16.1 Å². The highest BCUT2D eigenvalue weighted by Gasteiger charge is 2.20. The first-order valence-electron chi connectivity index (χ1n) is 8.50. The zero-order valence-corrected chi connectivity index (χ0v) is 14.9. The lowest BCUT2D eigenvalue weighted by Gasteiger charge is -2.06. The summed E-state index contributed by atoms with van der Waals surface area (Å²) in [5.74, 6) is -0.568. The fourth-order valence-electron chi connectivity index (χ4n) is 2.98. The van der Waals surface area contributed by atoms with Gasteiger partial charge in [-0.3, -0.25) is 14.9 Å². The van der Waals surface area contributed by atoms with Gasteiger partial charge in [-0.2, -0.15) is 5.10 Å². The maximum Gasteiger partial charge on any atom is 0.282 e. The number of aromatic nitrogens is 3. The molecule has 1 N–H and O–H groups in total. The average molecular weight is 373 g/mol. The highest BCUT2D eigenvalue weighted by molar-refractivity contribution is 6.07. The molecule has 8 nitrogen and oxygen atoms in total. The minimum Gasteiger partial charge on any atom is -0.320 e. The van der Waals surface area contributed by atoms with E-state index in [9.17, 15) is 14.9 Å². The van der Waals surface area contributed by atoms with Crippen molar-refractivity contribution >= 4 is 28.3 Å². The third-order valence-corrected chi connectivity index (χ3v) is 4.31. The van der Waals surface area contributed by atoms with E-state index < -0.39 is 10.8 Å². The van der Waals surface area contributed by atoms with E-state index in [1.54, 1.807) is 16.8 Å². The molecular weight excluding hydrogens is 358 g/mol. The Labute approximate surface area is 159 Å². The fraction of sp³-hybridized carbons (Fsp3) is 0.0500. The number of aryl methyl sites for hydroxylation is 1. The van der Waals surface area contributed by atoms with Gasteiger partial charge in [-0.25, -0.2) is 9.67 Å². The Balaban J connectivity index is 1.69. The van der Waals surface area contributed by atoms with Crippen LogP contribution in [0.5, 0.6) is 0 Å². The summed E-state index contributed by atoms with van der Waals surface area (Å²) in [5.41, 5.74) is 2.48. The van der Waals surface area contributed by atoms with Crippen LogP contribution in [0.3, 0.4) is 0 Å². The van der Waals surface area contributed by atoms with Gasteiger partial charge in [0, 0.05) is 11.5 Å². The predicted octanol–water partition coefficient (Wildman–Crippen LogP) is 3.89. The summed E-state index contributed by atoms with van der Waals surface area (Å²) in [6.45, 7) is 1.86. The molecule has 0 aliphatic rings. The molecule has 0 bridgehead atoms. The van der Waals surface area contributed by atoms with E-state index in [-0.39, 0.29) is 11.3 Å². The zero-order valence-electron chi connectivity index (χ0n) is 14.9. The van der Waals surface area contributed by atoms with Crippen LogP contribution in [0.25, 0.3) is 16.7 Å². The van der Waals surface area contributed by atoms with Crippen molar-refractivity contribution in [1.82, 2.24) is 14.8 Å². The Morgan fingerprint density at radius 1 is 1.11 bits per heavy atom. The SMILES string of the molecule is Cc1nn(-c2ccccc2)c2ncc(NC(=O)c3ccccc3[N+](=O)[O-])cc12. The number of nitro benzene ring substituents is 1. The number of benzene rings is 2. The van der Waals surface area contributed by atoms with Crippen molar-refractivity contribution in [3.63, 3.8) is 0 Å². The van der Waals surface area contributed by atoms with Crippen LogP contribution in [-0.2, 0) is 0 Å². The van der Waals surface area contributed by atoms with Crippen molar-refractivity contribution in [1.29, 1.82) is 0 Å². The molecule has 4 aromatic rings. The van der Waals surface area contributed by atoms with Crippen molar-refractivity contribution in [3.05, 3.63) is 88.2 Å². The predicted molar refractivity (Wildman–Crippen MR) is 105 cm³/mol. The third-order valence-electron chi connectivity index (χ3n) is 4.31. The van der Waals surface area contributed by atoms with Crippen LogP contribution in [0, 0.1) is 17.0 Å². The standard InChI is InChI=1S/C20H15N5O3/c1-13-17-11-14(22-20(26)16-9-5-6-10-18(16)25(27)28)12-21-19(17)24(23-13)15-7-3-2-4-8-15/h2-12H,1H3,(H,22,26). The lowest BCUT2D eigenvalue weighted by atomic mass is 10.1. The minimum absolute atomic E-state index is 0.00991. The van der Waals surface area contributed by atoms with Gasteiger partial charge in [0.25, 0.3) is 11.6 Å². The summed E-state index contributed by atoms with van der Waals surface area (Å²) < 4.78 is 1.73. The molecule has 8 heteroatoms. The van der Waals surface area contributed by atoms with E-state index in [1.165, 1.54) is 24.4 Å². The number of nitro groups is 1. The second-order valence-corrected chi connectivity index (χ2v) is 6.16. The van der Waals surface area contributed by atoms with Gasteiger partial charge in [0.2, 0.25) is 0 Å². The molecule has 0 saturated carbocycles. The maximum absolute atomic E-state index is 12.5. The number of para-hydroxylation sites is 2. The van der Waals surface area contributed by atoms with E-state index in [4.69, 9.17) is 0 Å². The van der Waals surface area contributed by atoms with E-state index in [2.05, 4.69) is 15.4 Å². The number of pyridine rings is 1. The molecule has 138 valence electrons. The molecule has 2 aromatic carbocycles. The van der Waals surface area contributed by atoms with Gasteiger partial charge in [0.05, 0.1) is 28.2 Å². The molecule has 0 atom stereocenters. The van der Waals surface area contributed by atoms with Crippen molar-refractivity contribution in [2.75, 3.05) is 5.32 Å². The van der Waals surface area contributed by atoms with E-state index in [1.807, 2.05) is 37.3 Å². The van der Waals surface area contributed by atoms with E-state index in [0.717, 1.165) is 16.8 Å². The van der Waals surface area contributed by atoms with Crippen molar-refractivity contribution in [2.24, 2.45) is 0 Å². The minimum atomic E-state index is -0.579. The third kappa shape index (κ3) is 3.07. The van der Waals surface area contributed by atoms with Gasteiger partial charge >= 0.3 is 0 Å². The average Bonchev–Trinajstić information content (AvgIpc) is 3.05. The van der Waals surface area contributed by atoms with Gasteiger partial charge in [-0.1, -0.05) is 30.3 Å². The monoisotopic (exact) mass is 373 g/mol. The molecule has 4 rings (SSSR count). The van der Waals surface area contributed by atoms with Crippen molar-refractivity contribution in [2.45, 2.75) is 6.92 Å². The Kier molecular flexibility index (Phi) is 4.29. The lowest BCUT2D eigenvalue weighted by molar-refractivity contribution is -0.385. The molecular formula is C20H15N5O3. The molecule has 0 aliphatic heterocycles. The number of nitrogens with zero attached hydrogens (tertiary/aromatic N) is 4. The summed E-state index contributed by atoms with van der Waals surface area (Å²) in [4.78, 5) is 27.5. The number of rotatable bonds is 4. The number of carbonyl (C=O) groups is 1. The number of amides is 1. The summed E-state index contributed by atoms with van der Waals surface area (Å²) in [5, 5.41) is 19.1. The van der Waals surface area contributed by atoms with Crippen LogP contribution >= 0.6 is 0 Å². The van der Waals surface area contributed by atoms with Crippen LogP contribution < -0.4 is 5.32 Å². The first-order valence-corrected chi connectivity index (χ1v) is 8.50. The molecule has 0 radical (unpaired) electrons. The van der Waals surface area contributed by atoms with Crippen LogP contribution in [-0.4, -0.2) is 25.6 Å². The number of anilines is 1. The summed E-state index contributed by atoms with van der Waals surface area (Å²) in [6.07, 6.45) is 1.51. The van der Waals surface area contributed by atoms with Crippen LogP contribution in [0.4, 0.5) is 11.4 Å².